The van der Waals surface area contributed by atoms with Crippen LogP contribution in [0.25, 0.3) is 0 Å². The van der Waals surface area contributed by atoms with Crippen molar-refractivity contribution in [1.29, 1.82) is 0 Å². The summed E-state index contributed by atoms with van der Waals surface area (Å²) in [6.07, 6.45) is 9.29. The largest absolute Gasteiger partial charge is 0.370 e. The van der Waals surface area contributed by atoms with Crippen molar-refractivity contribution in [3.63, 3.8) is 0 Å². The van der Waals surface area contributed by atoms with Gasteiger partial charge in [0, 0.05) is 19.1 Å². The normalized spacial score (nSPS) is 24.6. The number of hydrogen-bond acceptors (Lipinski definition) is 2. The van der Waals surface area contributed by atoms with Crippen molar-refractivity contribution in [2.45, 2.75) is 57.9 Å². The Hall–Kier alpha value is -0.770. The molecule has 3 N–H and O–H groups in total. The monoisotopic (exact) mass is 266 g/mol. The smallest absolute Gasteiger partial charge is 0.188 e. The Morgan fingerprint density at radius 1 is 1.21 bits per heavy atom. The minimum atomic E-state index is 0.571. The first-order valence-electron chi connectivity index (χ1n) is 8.03. The molecule has 1 unspecified atom stereocenters. The fraction of sp³-hybridized carbons (Fsp3) is 0.933. The number of nitrogens with zero attached hydrogens (tertiary/aromatic N) is 2. The van der Waals surface area contributed by atoms with Gasteiger partial charge in [-0.3, -0.25) is 4.99 Å². The van der Waals surface area contributed by atoms with E-state index in [-0.39, 0.29) is 0 Å². The van der Waals surface area contributed by atoms with Gasteiger partial charge < -0.3 is 16.0 Å². The molecule has 1 heterocycles. The van der Waals surface area contributed by atoms with Gasteiger partial charge >= 0.3 is 0 Å². The van der Waals surface area contributed by atoms with Crippen LogP contribution in [0.5, 0.6) is 0 Å². The summed E-state index contributed by atoms with van der Waals surface area (Å²) < 4.78 is 0. The van der Waals surface area contributed by atoms with Gasteiger partial charge in [-0.1, -0.05) is 26.2 Å². The second-order valence-corrected chi connectivity index (χ2v) is 6.32. The predicted octanol–water partition coefficient (Wildman–Crippen LogP) is 1.96. The van der Waals surface area contributed by atoms with Crippen LogP contribution in [0.3, 0.4) is 0 Å². The number of hydrogen-bond donors (Lipinski definition) is 2. The lowest BCUT2D eigenvalue weighted by atomic mass is 10.1. The SMILES string of the molecule is CC(CN=C(N)NC1CCCC1)CN1CCCCC1. The lowest BCUT2D eigenvalue weighted by Crippen LogP contribution is -2.39. The molecule has 1 saturated heterocycles. The summed E-state index contributed by atoms with van der Waals surface area (Å²) in [4.78, 5) is 7.08. The van der Waals surface area contributed by atoms with Crippen LogP contribution in [0.4, 0.5) is 0 Å². The molecule has 0 bridgehead atoms. The van der Waals surface area contributed by atoms with Crippen molar-refractivity contribution in [3.8, 4) is 0 Å². The molecule has 19 heavy (non-hydrogen) atoms. The van der Waals surface area contributed by atoms with E-state index in [1.54, 1.807) is 0 Å². The summed E-state index contributed by atoms with van der Waals surface area (Å²) in [5, 5.41) is 3.35. The van der Waals surface area contributed by atoms with E-state index in [1.807, 2.05) is 0 Å². The summed E-state index contributed by atoms with van der Waals surface area (Å²) >= 11 is 0. The highest BCUT2D eigenvalue weighted by molar-refractivity contribution is 5.78. The average molecular weight is 266 g/mol. The molecule has 2 aliphatic rings. The Kier molecular flexibility index (Phi) is 5.95. The van der Waals surface area contributed by atoms with Gasteiger partial charge in [-0.25, -0.2) is 0 Å². The Bertz CT molecular complexity index is 278. The van der Waals surface area contributed by atoms with E-state index >= 15 is 0 Å². The molecule has 4 nitrogen and oxygen atoms in total. The zero-order valence-corrected chi connectivity index (χ0v) is 12.4. The third-order valence-electron chi connectivity index (χ3n) is 4.30. The van der Waals surface area contributed by atoms with Crippen molar-refractivity contribution in [2.24, 2.45) is 16.6 Å². The Labute approximate surface area is 117 Å². The van der Waals surface area contributed by atoms with Crippen LogP contribution in [-0.2, 0) is 0 Å². The quantitative estimate of drug-likeness (QED) is 0.591. The molecular weight excluding hydrogens is 236 g/mol. The zero-order valence-electron chi connectivity index (χ0n) is 12.4. The van der Waals surface area contributed by atoms with Gasteiger partial charge in [0.15, 0.2) is 5.96 Å². The molecule has 1 atom stereocenters. The van der Waals surface area contributed by atoms with E-state index in [9.17, 15) is 0 Å². The van der Waals surface area contributed by atoms with E-state index < -0.39 is 0 Å². The first-order valence-corrected chi connectivity index (χ1v) is 8.03. The number of rotatable bonds is 5. The molecule has 2 fully saturated rings. The maximum atomic E-state index is 5.96. The van der Waals surface area contributed by atoms with E-state index in [0.29, 0.717) is 17.9 Å². The fourth-order valence-electron chi connectivity index (χ4n) is 3.22. The maximum Gasteiger partial charge on any atom is 0.188 e. The zero-order chi connectivity index (χ0) is 13.5. The van der Waals surface area contributed by atoms with Crippen molar-refractivity contribution >= 4 is 5.96 Å². The third-order valence-corrected chi connectivity index (χ3v) is 4.30. The highest BCUT2D eigenvalue weighted by atomic mass is 15.1. The second kappa shape index (κ2) is 7.73. The van der Waals surface area contributed by atoms with Gasteiger partial charge in [0.1, 0.15) is 0 Å². The number of piperidine rings is 1. The van der Waals surface area contributed by atoms with Crippen molar-refractivity contribution in [2.75, 3.05) is 26.2 Å². The molecule has 2 rings (SSSR count). The molecule has 0 aromatic heterocycles. The average Bonchev–Trinajstić information content (AvgIpc) is 2.90. The molecular formula is C15H30N4. The highest BCUT2D eigenvalue weighted by Crippen LogP contribution is 2.17. The first-order chi connectivity index (χ1) is 9.24. The molecule has 0 radical (unpaired) electrons. The lowest BCUT2D eigenvalue weighted by Gasteiger charge is -2.28. The van der Waals surface area contributed by atoms with Crippen LogP contribution in [0.15, 0.2) is 4.99 Å². The number of nitrogens with one attached hydrogen (secondary N) is 1. The fourth-order valence-corrected chi connectivity index (χ4v) is 3.22. The first kappa shape index (κ1) is 14.6. The topological polar surface area (TPSA) is 53.6 Å². The van der Waals surface area contributed by atoms with Gasteiger partial charge in [0.25, 0.3) is 0 Å². The molecule has 0 aromatic rings. The third kappa shape index (κ3) is 5.39. The van der Waals surface area contributed by atoms with Crippen LogP contribution in [-0.4, -0.2) is 43.1 Å². The summed E-state index contributed by atoms with van der Waals surface area (Å²) in [7, 11) is 0. The van der Waals surface area contributed by atoms with Crippen LogP contribution in [0.2, 0.25) is 0 Å². The maximum absolute atomic E-state index is 5.96. The van der Waals surface area contributed by atoms with Crippen LogP contribution in [0.1, 0.15) is 51.9 Å². The highest BCUT2D eigenvalue weighted by Gasteiger charge is 2.16. The van der Waals surface area contributed by atoms with Crippen molar-refractivity contribution in [3.05, 3.63) is 0 Å². The van der Waals surface area contributed by atoms with Gasteiger partial charge in [-0.2, -0.15) is 0 Å². The molecule has 1 saturated carbocycles. The summed E-state index contributed by atoms with van der Waals surface area (Å²) in [5.41, 5.74) is 5.96. The van der Waals surface area contributed by atoms with Crippen LogP contribution >= 0.6 is 0 Å². The van der Waals surface area contributed by atoms with Crippen LogP contribution in [0, 0.1) is 5.92 Å². The summed E-state index contributed by atoms with van der Waals surface area (Å²) in [6, 6.07) is 0.571. The molecule has 0 aromatic carbocycles. The van der Waals surface area contributed by atoms with Gasteiger partial charge in [0.05, 0.1) is 0 Å². The standard InChI is InChI=1S/C15H30N4/c1-13(12-19-9-5-2-6-10-19)11-17-15(16)18-14-7-3-4-8-14/h13-14H,2-12H2,1H3,(H3,16,17,18). The molecule has 110 valence electrons. The van der Waals surface area contributed by atoms with E-state index in [4.69, 9.17) is 5.73 Å². The Balaban J connectivity index is 1.64. The Morgan fingerprint density at radius 3 is 2.58 bits per heavy atom. The van der Waals surface area contributed by atoms with Gasteiger partial charge in [-0.15, -0.1) is 0 Å². The summed E-state index contributed by atoms with van der Waals surface area (Å²) in [6.45, 7) is 6.83. The van der Waals surface area contributed by atoms with E-state index in [1.165, 1.54) is 64.6 Å². The van der Waals surface area contributed by atoms with Crippen molar-refractivity contribution < 1.29 is 0 Å². The number of nitrogens with two attached hydrogens (primary N) is 1. The lowest BCUT2D eigenvalue weighted by molar-refractivity contribution is 0.203. The minimum absolute atomic E-state index is 0.571. The Morgan fingerprint density at radius 2 is 1.89 bits per heavy atom. The predicted molar refractivity (Wildman–Crippen MR) is 81.3 cm³/mol. The molecule has 4 heteroatoms. The van der Waals surface area contributed by atoms with Gasteiger partial charge in [-0.05, 0) is 44.7 Å². The van der Waals surface area contributed by atoms with E-state index in [0.717, 1.165) is 6.54 Å². The molecule has 1 aliphatic heterocycles. The molecule has 1 aliphatic carbocycles. The van der Waals surface area contributed by atoms with Crippen LogP contribution < -0.4 is 11.1 Å². The summed E-state index contributed by atoms with van der Waals surface area (Å²) in [5.74, 6) is 1.25. The minimum Gasteiger partial charge on any atom is -0.370 e. The number of aliphatic imine (C=N–C) groups is 1. The second-order valence-electron chi connectivity index (χ2n) is 6.32. The van der Waals surface area contributed by atoms with E-state index in [2.05, 4.69) is 22.1 Å². The number of guanidine groups is 1. The molecule has 0 amide bonds. The van der Waals surface area contributed by atoms with Gasteiger partial charge in [0.2, 0.25) is 0 Å². The number of likely N-dealkylation sites (tertiary alicyclic amines) is 1. The molecule has 0 spiro atoms. The van der Waals surface area contributed by atoms with Crippen molar-refractivity contribution in [1.82, 2.24) is 10.2 Å².